The number of fused-ring (bicyclic) bond motifs is 1. The number of rotatable bonds is 6. The molecule has 148 valence electrons. The molecular formula is C21H29NO4S. The highest BCUT2D eigenvalue weighted by Gasteiger charge is 2.16. The first-order chi connectivity index (χ1) is 12.8. The summed E-state index contributed by atoms with van der Waals surface area (Å²) in [5, 5.41) is 0. The van der Waals surface area contributed by atoms with Crippen molar-refractivity contribution in [3.63, 3.8) is 0 Å². The van der Waals surface area contributed by atoms with Crippen LogP contribution in [0.1, 0.15) is 29.5 Å². The molecule has 1 N–H and O–H groups in total. The Morgan fingerprint density at radius 3 is 2.44 bits per heavy atom. The van der Waals surface area contributed by atoms with Crippen LogP contribution in [0.4, 0.5) is 0 Å². The summed E-state index contributed by atoms with van der Waals surface area (Å²) in [6.45, 7) is 3.47. The van der Waals surface area contributed by atoms with Crippen molar-refractivity contribution in [2.24, 2.45) is 0 Å². The van der Waals surface area contributed by atoms with Crippen molar-refractivity contribution in [1.29, 1.82) is 0 Å². The van der Waals surface area contributed by atoms with Gasteiger partial charge in [0, 0.05) is 13.1 Å². The lowest BCUT2D eigenvalue weighted by atomic mass is 9.99. The Morgan fingerprint density at radius 2 is 1.78 bits per heavy atom. The number of benzene rings is 2. The van der Waals surface area contributed by atoms with Gasteiger partial charge < -0.3 is 4.74 Å². The molecule has 0 fully saturated rings. The second-order valence-corrected chi connectivity index (χ2v) is 8.30. The fourth-order valence-electron chi connectivity index (χ4n) is 3.21. The van der Waals surface area contributed by atoms with Crippen LogP contribution < -0.4 is 4.74 Å². The van der Waals surface area contributed by atoms with E-state index < -0.39 is 10.1 Å². The molecule has 0 aliphatic carbocycles. The summed E-state index contributed by atoms with van der Waals surface area (Å²) in [5.41, 5.74) is 4.38. The largest absolute Gasteiger partial charge is 0.497 e. The van der Waals surface area contributed by atoms with Crippen LogP contribution in [0, 0.1) is 0 Å². The minimum absolute atomic E-state index is 0.715. The lowest BCUT2D eigenvalue weighted by molar-refractivity contribution is 0.248. The zero-order valence-electron chi connectivity index (χ0n) is 16.1. The van der Waals surface area contributed by atoms with E-state index in [9.17, 15) is 8.42 Å². The zero-order chi connectivity index (χ0) is 19.7. The van der Waals surface area contributed by atoms with E-state index in [1.54, 1.807) is 7.11 Å². The van der Waals surface area contributed by atoms with Gasteiger partial charge in [-0.2, -0.15) is 8.42 Å². The quantitative estimate of drug-likeness (QED) is 0.602. The van der Waals surface area contributed by atoms with E-state index in [1.807, 2.05) is 0 Å². The van der Waals surface area contributed by atoms with Gasteiger partial charge in [-0.3, -0.25) is 9.45 Å². The predicted molar refractivity (Wildman–Crippen MR) is 109 cm³/mol. The standard InChI is InChI=1S/C20H25NO.CH4O3S/c1-22-20-11-10-19-16-21(14-12-18(19)15-20)13-6-5-9-17-7-3-2-4-8-17;1-5(2,3)4/h2-4,7-8,10-11,15H,5-6,9,12-14,16H2,1H3;1H3,(H,2,3,4). The summed E-state index contributed by atoms with van der Waals surface area (Å²) in [6.07, 6.45) is 5.61. The van der Waals surface area contributed by atoms with Crippen molar-refractivity contribution < 1.29 is 17.7 Å². The van der Waals surface area contributed by atoms with Crippen LogP contribution in [0.2, 0.25) is 0 Å². The third-order valence-corrected chi connectivity index (χ3v) is 4.54. The number of hydrogen-bond donors (Lipinski definition) is 1. The fourth-order valence-corrected chi connectivity index (χ4v) is 3.21. The van der Waals surface area contributed by atoms with Gasteiger partial charge in [-0.1, -0.05) is 36.4 Å². The summed E-state index contributed by atoms with van der Waals surface area (Å²) in [4.78, 5) is 2.58. The zero-order valence-corrected chi connectivity index (χ0v) is 16.9. The molecule has 0 saturated heterocycles. The molecule has 0 aromatic heterocycles. The Kier molecular flexibility index (Phi) is 8.28. The molecular weight excluding hydrogens is 362 g/mol. The molecule has 1 aliphatic heterocycles. The van der Waals surface area contributed by atoms with E-state index >= 15 is 0 Å². The molecule has 0 amide bonds. The molecule has 0 radical (unpaired) electrons. The maximum absolute atomic E-state index is 9.19. The monoisotopic (exact) mass is 391 g/mol. The minimum atomic E-state index is -3.67. The van der Waals surface area contributed by atoms with Gasteiger partial charge in [0.05, 0.1) is 13.4 Å². The van der Waals surface area contributed by atoms with Gasteiger partial charge in [0.15, 0.2) is 0 Å². The Labute approximate surface area is 162 Å². The highest BCUT2D eigenvalue weighted by molar-refractivity contribution is 7.85. The van der Waals surface area contributed by atoms with E-state index in [4.69, 9.17) is 9.29 Å². The van der Waals surface area contributed by atoms with E-state index in [0.717, 1.165) is 18.7 Å². The Balaban J connectivity index is 0.000000465. The molecule has 27 heavy (non-hydrogen) atoms. The van der Waals surface area contributed by atoms with Gasteiger partial charge in [0.1, 0.15) is 5.75 Å². The number of aryl methyl sites for hydroxylation is 1. The third-order valence-electron chi connectivity index (χ3n) is 4.54. The molecule has 0 bridgehead atoms. The summed E-state index contributed by atoms with van der Waals surface area (Å²) < 4.78 is 31.2. The van der Waals surface area contributed by atoms with E-state index in [1.165, 1.54) is 49.0 Å². The fraction of sp³-hybridized carbons (Fsp3) is 0.429. The van der Waals surface area contributed by atoms with E-state index in [-0.39, 0.29) is 0 Å². The molecule has 0 unspecified atom stereocenters. The van der Waals surface area contributed by atoms with Crippen LogP contribution in [0.5, 0.6) is 5.75 Å². The summed E-state index contributed by atoms with van der Waals surface area (Å²) in [7, 11) is -1.93. The minimum Gasteiger partial charge on any atom is -0.497 e. The van der Waals surface area contributed by atoms with E-state index in [2.05, 4.69) is 53.4 Å². The highest BCUT2D eigenvalue weighted by atomic mass is 32.2. The first kappa shape index (κ1) is 21.4. The van der Waals surface area contributed by atoms with Crippen LogP contribution >= 0.6 is 0 Å². The first-order valence-electron chi connectivity index (χ1n) is 9.19. The number of methoxy groups -OCH3 is 1. The molecule has 2 aromatic rings. The van der Waals surface area contributed by atoms with Crippen LogP contribution in [0.15, 0.2) is 48.5 Å². The number of nitrogens with zero attached hydrogens (tertiary/aromatic N) is 1. The van der Waals surface area contributed by atoms with Crippen LogP contribution in [-0.2, 0) is 29.5 Å². The SMILES string of the molecule is COc1ccc2c(c1)CCN(CCCCc1ccccc1)C2.CS(=O)(=O)O. The lowest BCUT2D eigenvalue weighted by Crippen LogP contribution is -2.31. The smallest absolute Gasteiger partial charge is 0.261 e. The van der Waals surface area contributed by atoms with Crippen molar-refractivity contribution in [3.8, 4) is 5.75 Å². The Morgan fingerprint density at radius 1 is 1.07 bits per heavy atom. The molecule has 5 nitrogen and oxygen atoms in total. The first-order valence-corrected chi connectivity index (χ1v) is 11.0. The third kappa shape index (κ3) is 8.56. The molecule has 3 rings (SSSR count). The van der Waals surface area contributed by atoms with Gasteiger partial charge in [0.25, 0.3) is 10.1 Å². The summed E-state index contributed by atoms with van der Waals surface area (Å²) in [6, 6.07) is 17.3. The van der Waals surface area contributed by atoms with Crippen LogP contribution in [-0.4, -0.2) is 44.3 Å². The number of unbranched alkanes of at least 4 members (excludes halogenated alkanes) is 1. The second kappa shape index (κ2) is 10.4. The molecule has 2 aromatic carbocycles. The van der Waals surface area contributed by atoms with Gasteiger partial charge in [-0.25, -0.2) is 0 Å². The van der Waals surface area contributed by atoms with Gasteiger partial charge >= 0.3 is 0 Å². The molecule has 0 saturated carbocycles. The molecule has 6 heteroatoms. The second-order valence-electron chi connectivity index (χ2n) is 6.84. The van der Waals surface area contributed by atoms with E-state index in [0.29, 0.717) is 6.26 Å². The lowest BCUT2D eigenvalue weighted by Gasteiger charge is -2.29. The molecule has 0 spiro atoms. The average molecular weight is 392 g/mol. The van der Waals surface area contributed by atoms with Crippen molar-refractivity contribution in [3.05, 3.63) is 65.2 Å². The van der Waals surface area contributed by atoms with Crippen LogP contribution in [0.3, 0.4) is 0 Å². The molecule has 1 heterocycles. The van der Waals surface area contributed by atoms with Gasteiger partial charge in [-0.05, 0) is 61.1 Å². The summed E-state index contributed by atoms with van der Waals surface area (Å²) >= 11 is 0. The topological polar surface area (TPSA) is 66.8 Å². The van der Waals surface area contributed by atoms with Gasteiger partial charge in [-0.15, -0.1) is 0 Å². The highest BCUT2D eigenvalue weighted by Crippen LogP contribution is 2.23. The number of ether oxygens (including phenoxy) is 1. The van der Waals surface area contributed by atoms with Crippen molar-refractivity contribution >= 4 is 10.1 Å². The molecule has 1 aliphatic rings. The predicted octanol–water partition coefficient (Wildman–Crippen LogP) is 3.58. The maximum Gasteiger partial charge on any atom is 0.261 e. The normalized spacial score (nSPS) is 14.0. The average Bonchev–Trinajstić information content (AvgIpc) is 2.64. The van der Waals surface area contributed by atoms with Crippen LogP contribution in [0.25, 0.3) is 0 Å². The van der Waals surface area contributed by atoms with Crippen molar-refractivity contribution in [2.45, 2.75) is 32.2 Å². The van der Waals surface area contributed by atoms with Crippen molar-refractivity contribution in [2.75, 3.05) is 26.5 Å². The van der Waals surface area contributed by atoms with Crippen molar-refractivity contribution in [1.82, 2.24) is 4.90 Å². The number of hydrogen-bond acceptors (Lipinski definition) is 4. The summed E-state index contributed by atoms with van der Waals surface area (Å²) in [5.74, 6) is 0.982. The molecule has 0 atom stereocenters. The maximum atomic E-state index is 9.19. The Bertz CT molecular complexity index is 798. The Hall–Kier alpha value is -1.89. The van der Waals surface area contributed by atoms with Gasteiger partial charge in [0.2, 0.25) is 0 Å².